The highest BCUT2D eigenvalue weighted by Crippen LogP contribution is 2.32. The van der Waals surface area contributed by atoms with E-state index in [0.717, 1.165) is 57.9 Å². The lowest BCUT2D eigenvalue weighted by Gasteiger charge is -2.14. The number of nitrogen functional groups attached to an aromatic ring is 1. The molecule has 0 saturated heterocycles. The van der Waals surface area contributed by atoms with Gasteiger partial charge in [0.15, 0.2) is 5.82 Å². The van der Waals surface area contributed by atoms with Gasteiger partial charge in [-0.05, 0) is 49.6 Å². The summed E-state index contributed by atoms with van der Waals surface area (Å²) < 4.78 is 14.0. The summed E-state index contributed by atoms with van der Waals surface area (Å²) in [4.78, 5) is 9.43. The van der Waals surface area contributed by atoms with Crippen LogP contribution in [-0.2, 0) is 24.5 Å². The number of hydrogen-bond donors (Lipinski definition) is 2. The van der Waals surface area contributed by atoms with Crippen LogP contribution < -0.4 is 15.8 Å². The zero-order chi connectivity index (χ0) is 23.4. The van der Waals surface area contributed by atoms with Crippen molar-refractivity contribution in [3.63, 3.8) is 0 Å². The third kappa shape index (κ3) is 5.03. The Morgan fingerprint density at radius 3 is 2.67 bits per heavy atom. The van der Waals surface area contributed by atoms with Crippen LogP contribution in [0.2, 0.25) is 0 Å². The van der Waals surface area contributed by atoms with Crippen LogP contribution in [0.1, 0.15) is 39.1 Å². The topological polar surface area (TPSA) is 87.2 Å². The summed E-state index contributed by atoms with van der Waals surface area (Å²) in [7, 11) is 0. The lowest BCUT2D eigenvalue weighted by atomic mass is 10.1. The molecule has 0 fully saturated rings. The van der Waals surface area contributed by atoms with E-state index in [-0.39, 0.29) is 0 Å². The minimum absolute atomic E-state index is 0.424. The highest BCUT2D eigenvalue weighted by atomic mass is 16.5. The Morgan fingerprint density at radius 2 is 1.91 bits per heavy atom. The zero-order valence-electron chi connectivity index (χ0n) is 19.9. The third-order valence-electron chi connectivity index (χ3n) is 5.45. The molecule has 33 heavy (non-hydrogen) atoms. The van der Waals surface area contributed by atoms with Crippen molar-refractivity contribution in [2.45, 2.75) is 47.5 Å². The van der Waals surface area contributed by atoms with Crippen molar-refractivity contribution in [2.24, 2.45) is 5.92 Å². The minimum atomic E-state index is 0.424. The van der Waals surface area contributed by atoms with Gasteiger partial charge in [0.2, 0.25) is 0 Å². The molecule has 4 rings (SSSR count). The Morgan fingerprint density at radius 1 is 1.06 bits per heavy atom. The van der Waals surface area contributed by atoms with Crippen LogP contribution >= 0.6 is 0 Å². The van der Waals surface area contributed by atoms with Gasteiger partial charge in [-0.15, -0.1) is 0 Å². The van der Waals surface area contributed by atoms with Gasteiger partial charge >= 0.3 is 0 Å². The van der Waals surface area contributed by atoms with Gasteiger partial charge in [-0.25, -0.2) is 9.97 Å². The van der Waals surface area contributed by atoms with E-state index >= 15 is 0 Å². The number of nitrogens with two attached hydrogens (primary N) is 1. The average Bonchev–Trinajstić information content (AvgIpc) is 3.15. The molecule has 4 aromatic rings. The van der Waals surface area contributed by atoms with E-state index in [1.54, 1.807) is 0 Å². The number of nitrogens with one attached hydrogen (secondary N) is 1. The molecular formula is C26H33N5O2. The van der Waals surface area contributed by atoms with Crippen molar-refractivity contribution in [3.8, 4) is 5.75 Å². The van der Waals surface area contributed by atoms with Crippen LogP contribution in [0.15, 0.2) is 42.5 Å². The van der Waals surface area contributed by atoms with E-state index < -0.39 is 0 Å². The van der Waals surface area contributed by atoms with E-state index in [2.05, 4.69) is 59.9 Å². The fourth-order valence-electron chi connectivity index (χ4n) is 4.03. The van der Waals surface area contributed by atoms with Crippen molar-refractivity contribution in [2.75, 3.05) is 24.2 Å². The third-order valence-corrected chi connectivity index (χ3v) is 5.45. The average molecular weight is 448 g/mol. The van der Waals surface area contributed by atoms with Gasteiger partial charge in [-0.1, -0.05) is 26.0 Å². The van der Waals surface area contributed by atoms with E-state index in [9.17, 15) is 0 Å². The summed E-state index contributed by atoms with van der Waals surface area (Å²) in [5.41, 5.74) is 11.1. The van der Waals surface area contributed by atoms with Crippen LogP contribution in [0.3, 0.4) is 0 Å². The highest BCUT2D eigenvalue weighted by molar-refractivity contribution is 6.06. The lowest BCUT2D eigenvalue weighted by Crippen LogP contribution is -2.10. The molecule has 0 radical (unpaired) electrons. The molecule has 0 saturated carbocycles. The summed E-state index contributed by atoms with van der Waals surface area (Å²) >= 11 is 0. The van der Waals surface area contributed by atoms with Crippen LogP contribution in [0.4, 0.5) is 11.5 Å². The molecule has 3 N–H and O–H groups in total. The van der Waals surface area contributed by atoms with Gasteiger partial charge in [0, 0.05) is 36.8 Å². The second-order valence-electron chi connectivity index (χ2n) is 8.56. The summed E-state index contributed by atoms with van der Waals surface area (Å²) in [5.74, 6) is 2.51. The normalized spacial score (nSPS) is 11.5. The number of aromatic nitrogens is 3. The molecule has 0 unspecified atom stereocenters. The minimum Gasteiger partial charge on any atom is -0.489 e. The Hall–Kier alpha value is -3.32. The van der Waals surface area contributed by atoms with Crippen LogP contribution in [-0.4, -0.2) is 27.7 Å². The maximum atomic E-state index is 6.35. The number of anilines is 2. The number of hydrogen-bond acceptors (Lipinski definition) is 6. The summed E-state index contributed by atoms with van der Waals surface area (Å²) in [5, 5.41) is 4.34. The number of fused-ring (bicyclic) bond motifs is 3. The van der Waals surface area contributed by atoms with Crippen molar-refractivity contribution in [1.82, 2.24) is 14.5 Å². The molecule has 0 aliphatic heterocycles. The first-order valence-corrected chi connectivity index (χ1v) is 11.6. The fourth-order valence-corrected chi connectivity index (χ4v) is 4.03. The predicted octanol–water partition coefficient (Wildman–Crippen LogP) is 5.37. The van der Waals surface area contributed by atoms with E-state index in [0.29, 0.717) is 31.6 Å². The maximum absolute atomic E-state index is 6.35. The van der Waals surface area contributed by atoms with Crippen LogP contribution in [0.25, 0.3) is 21.9 Å². The van der Waals surface area contributed by atoms with Gasteiger partial charge in [0.1, 0.15) is 30.3 Å². The largest absolute Gasteiger partial charge is 0.489 e. The molecule has 0 atom stereocenters. The zero-order valence-corrected chi connectivity index (χ0v) is 19.9. The molecule has 2 heterocycles. The van der Waals surface area contributed by atoms with Crippen molar-refractivity contribution in [3.05, 3.63) is 53.9 Å². The molecule has 174 valence electrons. The smallest absolute Gasteiger partial charge is 0.152 e. The first-order chi connectivity index (χ1) is 16.0. The summed E-state index contributed by atoms with van der Waals surface area (Å²) in [6.45, 7) is 11.7. The van der Waals surface area contributed by atoms with E-state index in [4.69, 9.17) is 20.2 Å². The van der Waals surface area contributed by atoms with Crippen molar-refractivity contribution < 1.29 is 9.47 Å². The molecule has 2 aromatic heterocycles. The molecule has 2 aromatic carbocycles. The number of pyridine rings is 1. The molecule has 0 amide bonds. The number of rotatable bonds is 10. The van der Waals surface area contributed by atoms with Gasteiger partial charge in [0.25, 0.3) is 0 Å². The standard InChI is InChI=1S/C26H33N5O2/c1-5-28-19-9-7-8-18(12-19)15-33-20-10-11-21-22(13-20)29-26(27)24-25(21)31(14-17(3)4)23(30-24)16-32-6-2/h7-13,17,28H,5-6,14-16H2,1-4H3,(H2,27,29). The number of nitrogens with zero attached hydrogens (tertiary/aromatic N) is 3. The molecule has 7 nitrogen and oxygen atoms in total. The second-order valence-corrected chi connectivity index (χ2v) is 8.56. The Bertz CT molecular complexity index is 1250. The first-order valence-electron chi connectivity index (χ1n) is 11.6. The molecule has 0 aliphatic carbocycles. The van der Waals surface area contributed by atoms with Crippen LogP contribution in [0, 0.1) is 5.92 Å². The van der Waals surface area contributed by atoms with Crippen LogP contribution in [0.5, 0.6) is 5.75 Å². The van der Waals surface area contributed by atoms with Gasteiger partial charge in [0.05, 0.1) is 11.0 Å². The quantitative estimate of drug-likeness (QED) is 0.340. The lowest BCUT2D eigenvalue weighted by molar-refractivity contribution is 0.125. The fraction of sp³-hybridized carbons (Fsp3) is 0.385. The van der Waals surface area contributed by atoms with Crippen molar-refractivity contribution >= 4 is 33.4 Å². The molecule has 0 spiro atoms. The molecule has 0 aliphatic rings. The van der Waals surface area contributed by atoms with E-state index in [1.807, 2.05) is 25.1 Å². The second kappa shape index (κ2) is 10.1. The highest BCUT2D eigenvalue weighted by Gasteiger charge is 2.18. The van der Waals surface area contributed by atoms with Gasteiger partial charge in [-0.2, -0.15) is 0 Å². The Balaban J connectivity index is 1.69. The number of ether oxygens (including phenoxy) is 2. The molecule has 0 bridgehead atoms. The van der Waals surface area contributed by atoms with Gasteiger partial charge in [-0.3, -0.25) is 0 Å². The predicted molar refractivity (Wildman–Crippen MR) is 135 cm³/mol. The van der Waals surface area contributed by atoms with E-state index in [1.165, 1.54) is 0 Å². The first kappa shape index (κ1) is 22.9. The molecule has 7 heteroatoms. The Labute approximate surface area is 194 Å². The number of imidazole rings is 1. The summed E-state index contributed by atoms with van der Waals surface area (Å²) in [6, 6.07) is 14.3. The maximum Gasteiger partial charge on any atom is 0.152 e. The van der Waals surface area contributed by atoms with Crippen molar-refractivity contribution in [1.29, 1.82) is 0 Å². The summed E-state index contributed by atoms with van der Waals surface area (Å²) in [6.07, 6.45) is 0. The SMILES string of the molecule is CCNc1cccc(COc2ccc3c(c2)nc(N)c2nc(COCC)n(CC(C)C)c23)c1. The number of benzene rings is 2. The molecular weight excluding hydrogens is 414 g/mol. The van der Waals surface area contributed by atoms with Gasteiger partial charge < -0.3 is 25.1 Å². The Kier molecular flexibility index (Phi) is 6.99. The monoisotopic (exact) mass is 447 g/mol.